The molecule has 0 saturated carbocycles. The summed E-state index contributed by atoms with van der Waals surface area (Å²) in [5.74, 6) is 0.850. The Hall–Kier alpha value is -3.12. The number of rotatable bonds is 1. The molecule has 0 radical (unpaired) electrons. The number of nitrogens with zero attached hydrogens (tertiary/aromatic N) is 3. The van der Waals surface area contributed by atoms with E-state index in [1.54, 1.807) is 24.3 Å². The third-order valence-electron chi connectivity index (χ3n) is 5.50. The Morgan fingerprint density at radius 3 is 2.37 bits per heavy atom. The van der Waals surface area contributed by atoms with Crippen molar-refractivity contribution in [1.82, 2.24) is 9.88 Å². The molecule has 3 aromatic rings. The summed E-state index contributed by atoms with van der Waals surface area (Å²) in [5.41, 5.74) is 2.31. The molecular weight excluding hydrogens is 342 g/mol. The molecule has 6 nitrogen and oxygen atoms in total. The summed E-state index contributed by atoms with van der Waals surface area (Å²) >= 11 is 0. The van der Waals surface area contributed by atoms with Crippen LogP contribution in [0.4, 0.5) is 5.82 Å². The zero-order valence-electron chi connectivity index (χ0n) is 14.9. The highest BCUT2D eigenvalue weighted by atomic mass is 16.3. The molecular formula is C21H19N3O3. The number of hydrogen-bond donors (Lipinski definition) is 2. The fraction of sp³-hybridized carbons (Fsp3) is 0.238. The number of anilines is 1. The van der Waals surface area contributed by atoms with E-state index in [9.17, 15) is 15.0 Å². The van der Waals surface area contributed by atoms with E-state index in [1.165, 1.54) is 6.07 Å². The molecule has 0 unspecified atom stereocenters. The second kappa shape index (κ2) is 5.69. The molecule has 5 rings (SSSR count). The quantitative estimate of drug-likeness (QED) is 0.543. The van der Waals surface area contributed by atoms with Crippen LogP contribution in [0.25, 0.3) is 22.0 Å². The predicted molar refractivity (Wildman–Crippen MR) is 104 cm³/mol. The first kappa shape index (κ1) is 16.1. The van der Waals surface area contributed by atoms with Crippen LogP contribution in [0.3, 0.4) is 0 Å². The van der Waals surface area contributed by atoms with Gasteiger partial charge in [0, 0.05) is 48.1 Å². The normalized spacial score (nSPS) is 16.6. The van der Waals surface area contributed by atoms with Gasteiger partial charge in [0.2, 0.25) is 0 Å². The van der Waals surface area contributed by atoms with Crippen molar-refractivity contribution in [1.29, 1.82) is 0 Å². The Bertz CT molecular complexity index is 1100. The van der Waals surface area contributed by atoms with E-state index in [0.717, 1.165) is 42.9 Å². The first-order valence-corrected chi connectivity index (χ1v) is 9.01. The minimum Gasteiger partial charge on any atom is -0.508 e. The molecule has 1 saturated heterocycles. The van der Waals surface area contributed by atoms with Crippen LogP contribution in [-0.4, -0.2) is 59.1 Å². The van der Waals surface area contributed by atoms with Crippen molar-refractivity contribution >= 4 is 22.4 Å². The van der Waals surface area contributed by atoms with Gasteiger partial charge < -0.3 is 20.0 Å². The smallest absolute Gasteiger partial charge is 0.196 e. The number of carbonyl (C=O) groups excluding carboxylic acids is 1. The SMILES string of the molecule is CN1CCN(c2nc3c(c4cc(O)ccc24)C(=O)c2cc(O)ccc2-3)CC1. The first-order valence-electron chi connectivity index (χ1n) is 9.01. The number of ketones is 1. The van der Waals surface area contributed by atoms with Gasteiger partial charge in [0.1, 0.15) is 17.3 Å². The number of phenols is 2. The van der Waals surface area contributed by atoms with Crippen molar-refractivity contribution in [3.63, 3.8) is 0 Å². The maximum absolute atomic E-state index is 13.0. The van der Waals surface area contributed by atoms with Crippen LogP contribution in [0.15, 0.2) is 36.4 Å². The molecule has 1 aromatic heterocycles. The van der Waals surface area contributed by atoms with Crippen molar-refractivity contribution < 1.29 is 15.0 Å². The van der Waals surface area contributed by atoms with E-state index >= 15 is 0 Å². The maximum Gasteiger partial charge on any atom is 0.196 e. The van der Waals surface area contributed by atoms with Gasteiger partial charge in [-0.05, 0) is 43.4 Å². The average molecular weight is 361 g/mol. The summed E-state index contributed by atoms with van der Waals surface area (Å²) in [6.45, 7) is 3.60. The molecule has 6 heteroatoms. The average Bonchev–Trinajstić information content (AvgIpc) is 2.93. The molecule has 2 aliphatic rings. The van der Waals surface area contributed by atoms with Crippen molar-refractivity contribution in [2.45, 2.75) is 0 Å². The van der Waals surface area contributed by atoms with Gasteiger partial charge in [0.05, 0.1) is 11.3 Å². The molecule has 0 bridgehead atoms. The van der Waals surface area contributed by atoms with Crippen molar-refractivity contribution in [2.75, 3.05) is 38.1 Å². The lowest BCUT2D eigenvalue weighted by atomic mass is 10.0. The lowest BCUT2D eigenvalue weighted by molar-refractivity contribution is 0.104. The zero-order chi connectivity index (χ0) is 18.7. The monoisotopic (exact) mass is 361 g/mol. The second-order valence-electron chi connectivity index (χ2n) is 7.24. The van der Waals surface area contributed by atoms with Gasteiger partial charge in [-0.1, -0.05) is 0 Å². The summed E-state index contributed by atoms with van der Waals surface area (Å²) < 4.78 is 0. The number of benzene rings is 2. The number of carbonyl (C=O) groups is 1. The number of phenolic OH excluding ortho intramolecular Hbond substituents is 2. The molecule has 1 aliphatic heterocycles. The summed E-state index contributed by atoms with van der Waals surface area (Å²) in [6, 6.07) is 9.91. The molecule has 1 aliphatic carbocycles. The Balaban J connectivity index is 1.79. The van der Waals surface area contributed by atoms with Crippen molar-refractivity contribution in [3.05, 3.63) is 47.5 Å². The van der Waals surface area contributed by atoms with Crippen molar-refractivity contribution in [2.24, 2.45) is 0 Å². The Labute approximate surface area is 156 Å². The zero-order valence-corrected chi connectivity index (χ0v) is 14.9. The molecule has 2 N–H and O–H groups in total. The van der Waals surface area contributed by atoms with E-state index in [-0.39, 0.29) is 17.3 Å². The highest BCUT2D eigenvalue weighted by Crippen LogP contribution is 2.43. The minimum absolute atomic E-state index is 0.0568. The van der Waals surface area contributed by atoms with Gasteiger partial charge in [0.25, 0.3) is 0 Å². The number of fused-ring (bicyclic) bond motifs is 5. The van der Waals surface area contributed by atoms with Gasteiger partial charge >= 0.3 is 0 Å². The number of pyridine rings is 1. The maximum atomic E-state index is 13.0. The van der Waals surface area contributed by atoms with Crippen LogP contribution in [0, 0.1) is 0 Å². The molecule has 0 atom stereocenters. The van der Waals surface area contributed by atoms with Gasteiger partial charge in [0.15, 0.2) is 5.78 Å². The summed E-state index contributed by atoms with van der Waals surface area (Å²) in [5, 5.41) is 21.4. The molecule has 0 spiro atoms. The van der Waals surface area contributed by atoms with Gasteiger partial charge in [-0.2, -0.15) is 0 Å². The second-order valence-corrected chi connectivity index (χ2v) is 7.24. The fourth-order valence-corrected chi connectivity index (χ4v) is 4.03. The van der Waals surface area contributed by atoms with Crippen LogP contribution in [0.5, 0.6) is 11.5 Å². The first-order chi connectivity index (χ1) is 13.0. The Kier molecular flexibility index (Phi) is 3.39. The summed E-state index contributed by atoms with van der Waals surface area (Å²) in [4.78, 5) is 22.5. The molecule has 2 heterocycles. The van der Waals surface area contributed by atoms with Crippen molar-refractivity contribution in [3.8, 4) is 22.8 Å². The van der Waals surface area contributed by atoms with Crippen LogP contribution in [0.2, 0.25) is 0 Å². The van der Waals surface area contributed by atoms with E-state index < -0.39 is 0 Å². The van der Waals surface area contributed by atoms with E-state index in [2.05, 4.69) is 16.8 Å². The number of hydrogen-bond acceptors (Lipinski definition) is 6. The molecule has 1 fully saturated rings. The highest BCUT2D eigenvalue weighted by Gasteiger charge is 2.32. The fourth-order valence-electron chi connectivity index (χ4n) is 4.03. The van der Waals surface area contributed by atoms with Crippen LogP contribution < -0.4 is 4.90 Å². The molecule has 2 aromatic carbocycles. The third kappa shape index (κ3) is 2.37. The molecule has 27 heavy (non-hydrogen) atoms. The number of aromatic nitrogens is 1. The van der Waals surface area contributed by atoms with Gasteiger partial charge in [-0.25, -0.2) is 4.98 Å². The topological polar surface area (TPSA) is 76.9 Å². The standard InChI is InChI=1S/C21H19N3O3/c1-23-6-8-24(9-7-23)21-15-5-3-12(25)10-16(15)18-19(22-21)14-4-2-13(26)11-17(14)20(18)27/h2-5,10-11,25-26H,6-9H2,1H3. The Morgan fingerprint density at radius 2 is 1.59 bits per heavy atom. The Morgan fingerprint density at radius 1 is 0.889 bits per heavy atom. The summed E-state index contributed by atoms with van der Waals surface area (Å²) in [7, 11) is 2.10. The number of piperazine rings is 1. The molecule has 136 valence electrons. The van der Waals surface area contributed by atoms with Crippen LogP contribution in [0.1, 0.15) is 15.9 Å². The van der Waals surface area contributed by atoms with Crippen LogP contribution in [-0.2, 0) is 0 Å². The lowest BCUT2D eigenvalue weighted by Crippen LogP contribution is -2.45. The highest BCUT2D eigenvalue weighted by molar-refractivity contribution is 6.27. The predicted octanol–water partition coefficient (Wildman–Crippen LogP) is 2.61. The summed E-state index contributed by atoms with van der Waals surface area (Å²) in [6.07, 6.45) is 0. The largest absolute Gasteiger partial charge is 0.508 e. The van der Waals surface area contributed by atoms with E-state index in [4.69, 9.17) is 4.98 Å². The third-order valence-corrected chi connectivity index (χ3v) is 5.50. The van der Waals surface area contributed by atoms with Gasteiger partial charge in [-0.3, -0.25) is 4.79 Å². The number of likely N-dealkylation sites (N-methyl/N-ethyl adjacent to an activating group) is 1. The van der Waals surface area contributed by atoms with Gasteiger partial charge in [-0.15, -0.1) is 0 Å². The van der Waals surface area contributed by atoms with Crippen LogP contribution >= 0.6 is 0 Å². The van der Waals surface area contributed by atoms with E-state index in [0.29, 0.717) is 22.2 Å². The minimum atomic E-state index is -0.163. The lowest BCUT2D eigenvalue weighted by Gasteiger charge is -2.34. The molecule has 0 amide bonds. The van der Waals surface area contributed by atoms with E-state index in [1.807, 2.05) is 6.07 Å². The number of aromatic hydroxyl groups is 2.